The highest BCUT2D eigenvalue weighted by Crippen LogP contribution is 2.07. The van der Waals surface area contributed by atoms with Gasteiger partial charge in [-0.25, -0.2) is 0 Å². The Kier molecular flexibility index (Phi) is 7.32. The average Bonchev–Trinajstić information content (AvgIpc) is 2.65. The van der Waals surface area contributed by atoms with Gasteiger partial charge in [0.15, 0.2) is 0 Å². The minimum atomic E-state index is -0.707. The van der Waals surface area contributed by atoms with Crippen LogP contribution in [0, 0.1) is 6.92 Å². The van der Waals surface area contributed by atoms with Crippen LogP contribution in [0.5, 0.6) is 0 Å². The number of hydrogen-bond donors (Lipinski definition) is 3. The van der Waals surface area contributed by atoms with Crippen molar-refractivity contribution < 1.29 is 14.3 Å². The Morgan fingerprint density at radius 1 is 1.04 bits per heavy atom. The van der Waals surface area contributed by atoms with Gasteiger partial charge in [0.25, 0.3) is 5.91 Å². The molecular weight excluding hydrogens is 330 g/mol. The first-order valence-electron chi connectivity index (χ1n) is 8.44. The fourth-order valence-corrected chi connectivity index (χ4v) is 2.39. The molecule has 2 aromatic rings. The van der Waals surface area contributed by atoms with Gasteiger partial charge in [-0.3, -0.25) is 9.59 Å². The van der Waals surface area contributed by atoms with Crippen molar-refractivity contribution >= 4 is 11.8 Å². The first kappa shape index (κ1) is 19.6. The van der Waals surface area contributed by atoms with Crippen LogP contribution in [0.1, 0.15) is 27.0 Å². The van der Waals surface area contributed by atoms with E-state index in [0.29, 0.717) is 18.7 Å². The SMILES string of the molecule is COCC(N)C(=O)NCc1cccc(C(=O)NCc2ccc(C)cc2)c1. The minimum Gasteiger partial charge on any atom is -0.383 e. The number of nitrogens with two attached hydrogens (primary N) is 1. The molecule has 6 heteroatoms. The quantitative estimate of drug-likeness (QED) is 0.669. The van der Waals surface area contributed by atoms with Gasteiger partial charge in [0.1, 0.15) is 6.04 Å². The van der Waals surface area contributed by atoms with Crippen LogP contribution in [-0.4, -0.2) is 31.6 Å². The molecular formula is C20H25N3O3. The Hall–Kier alpha value is -2.70. The molecule has 4 N–H and O–H groups in total. The maximum absolute atomic E-state index is 12.3. The van der Waals surface area contributed by atoms with Crippen LogP contribution in [0.3, 0.4) is 0 Å². The molecule has 26 heavy (non-hydrogen) atoms. The number of benzene rings is 2. The summed E-state index contributed by atoms with van der Waals surface area (Å²) in [4.78, 5) is 24.1. The van der Waals surface area contributed by atoms with E-state index in [9.17, 15) is 9.59 Å². The van der Waals surface area contributed by atoms with Crippen LogP contribution < -0.4 is 16.4 Å². The average molecular weight is 355 g/mol. The number of carbonyl (C=O) groups excluding carboxylic acids is 2. The van der Waals surface area contributed by atoms with Crippen molar-refractivity contribution in [3.8, 4) is 0 Å². The molecule has 6 nitrogen and oxygen atoms in total. The standard InChI is InChI=1S/C20H25N3O3/c1-14-6-8-15(9-7-14)11-22-19(24)17-5-3-4-16(10-17)12-23-20(25)18(21)13-26-2/h3-10,18H,11-13,21H2,1-2H3,(H,22,24)(H,23,25). The summed E-state index contributed by atoms with van der Waals surface area (Å²) in [7, 11) is 1.49. The molecule has 0 aliphatic carbocycles. The van der Waals surface area contributed by atoms with Crippen molar-refractivity contribution in [3.63, 3.8) is 0 Å². The van der Waals surface area contributed by atoms with E-state index in [1.165, 1.54) is 12.7 Å². The summed E-state index contributed by atoms with van der Waals surface area (Å²) in [5.41, 5.74) is 9.27. The molecule has 0 aromatic heterocycles. The number of ether oxygens (including phenoxy) is 1. The van der Waals surface area contributed by atoms with Crippen molar-refractivity contribution in [2.75, 3.05) is 13.7 Å². The fourth-order valence-electron chi connectivity index (χ4n) is 2.39. The molecule has 0 fully saturated rings. The first-order chi connectivity index (χ1) is 12.5. The number of methoxy groups -OCH3 is 1. The number of hydrogen-bond acceptors (Lipinski definition) is 4. The lowest BCUT2D eigenvalue weighted by molar-refractivity contribution is -0.123. The normalized spacial score (nSPS) is 11.7. The number of nitrogens with one attached hydrogen (secondary N) is 2. The van der Waals surface area contributed by atoms with Crippen LogP contribution in [-0.2, 0) is 22.6 Å². The summed E-state index contributed by atoms with van der Waals surface area (Å²) in [6.45, 7) is 2.95. The molecule has 138 valence electrons. The van der Waals surface area contributed by atoms with Crippen LogP contribution in [0.2, 0.25) is 0 Å². The number of carbonyl (C=O) groups is 2. The molecule has 0 saturated heterocycles. The Labute approximate surface area is 153 Å². The van der Waals surface area contributed by atoms with Gasteiger partial charge in [-0.2, -0.15) is 0 Å². The molecule has 2 aromatic carbocycles. The molecule has 0 aliphatic heterocycles. The maximum atomic E-state index is 12.3. The zero-order valence-corrected chi connectivity index (χ0v) is 15.1. The zero-order chi connectivity index (χ0) is 18.9. The molecule has 0 saturated carbocycles. The van der Waals surface area contributed by atoms with Crippen LogP contribution >= 0.6 is 0 Å². The molecule has 0 radical (unpaired) electrons. The molecule has 0 heterocycles. The third-order valence-electron chi connectivity index (χ3n) is 3.91. The second-order valence-electron chi connectivity index (χ2n) is 6.15. The molecule has 2 rings (SSSR count). The Bertz CT molecular complexity index is 744. The largest absolute Gasteiger partial charge is 0.383 e. The summed E-state index contributed by atoms with van der Waals surface area (Å²) in [5.74, 6) is -0.448. The van der Waals surface area contributed by atoms with Crippen LogP contribution in [0.15, 0.2) is 48.5 Å². The lowest BCUT2D eigenvalue weighted by Crippen LogP contribution is -2.43. The Morgan fingerprint density at radius 3 is 2.42 bits per heavy atom. The van der Waals surface area contributed by atoms with E-state index in [4.69, 9.17) is 10.5 Å². The number of aryl methyl sites for hydroxylation is 1. The first-order valence-corrected chi connectivity index (χ1v) is 8.44. The van der Waals surface area contributed by atoms with E-state index in [1.807, 2.05) is 37.3 Å². The van der Waals surface area contributed by atoms with E-state index in [2.05, 4.69) is 10.6 Å². The van der Waals surface area contributed by atoms with Gasteiger partial charge in [-0.05, 0) is 30.2 Å². The van der Waals surface area contributed by atoms with Gasteiger partial charge in [-0.15, -0.1) is 0 Å². The lowest BCUT2D eigenvalue weighted by atomic mass is 10.1. The minimum absolute atomic E-state index is 0.158. The summed E-state index contributed by atoms with van der Waals surface area (Å²) < 4.78 is 4.86. The Morgan fingerprint density at radius 2 is 1.73 bits per heavy atom. The zero-order valence-electron chi connectivity index (χ0n) is 15.1. The van der Waals surface area contributed by atoms with Crippen molar-refractivity contribution in [2.24, 2.45) is 5.73 Å². The smallest absolute Gasteiger partial charge is 0.251 e. The van der Waals surface area contributed by atoms with E-state index >= 15 is 0 Å². The molecule has 0 aliphatic rings. The number of rotatable bonds is 8. The van der Waals surface area contributed by atoms with Gasteiger partial charge in [-0.1, -0.05) is 42.0 Å². The van der Waals surface area contributed by atoms with Crippen LogP contribution in [0.25, 0.3) is 0 Å². The van der Waals surface area contributed by atoms with E-state index in [1.54, 1.807) is 18.2 Å². The van der Waals surface area contributed by atoms with Crippen molar-refractivity contribution in [1.82, 2.24) is 10.6 Å². The molecule has 1 unspecified atom stereocenters. The van der Waals surface area contributed by atoms with Gasteiger partial charge in [0.2, 0.25) is 5.91 Å². The third kappa shape index (κ3) is 5.98. The fraction of sp³-hybridized carbons (Fsp3) is 0.300. The second-order valence-corrected chi connectivity index (χ2v) is 6.15. The molecule has 0 bridgehead atoms. The van der Waals surface area contributed by atoms with Gasteiger partial charge >= 0.3 is 0 Å². The highest BCUT2D eigenvalue weighted by molar-refractivity contribution is 5.94. The monoisotopic (exact) mass is 355 g/mol. The summed E-state index contributed by atoms with van der Waals surface area (Å²) in [6.07, 6.45) is 0. The predicted molar refractivity (Wildman–Crippen MR) is 100 cm³/mol. The second kappa shape index (κ2) is 9.70. The van der Waals surface area contributed by atoms with Crippen LogP contribution in [0.4, 0.5) is 0 Å². The number of amides is 2. The van der Waals surface area contributed by atoms with Crippen molar-refractivity contribution in [3.05, 3.63) is 70.8 Å². The summed E-state index contributed by atoms with van der Waals surface area (Å²) in [6, 6.07) is 14.4. The van der Waals surface area contributed by atoms with Gasteiger partial charge in [0.05, 0.1) is 6.61 Å². The van der Waals surface area contributed by atoms with Gasteiger partial charge < -0.3 is 21.1 Å². The molecule has 0 spiro atoms. The predicted octanol–water partition coefficient (Wildman–Crippen LogP) is 1.51. The topological polar surface area (TPSA) is 93.4 Å². The van der Waals surface area contributed by atoms with E-state index < -0.39 is 6.04 Å². The van der Waals surface area contributed by atoms with Crippen molar-refractivity contribution in [1.29, 1.82) is 0 Å². The van der Waals surface area contributed by atoms with Crippen molar-refractivity contribution in [2.45, 2.75) is 26.1 Å². The highest BCUT2D eigenvalue weighted by Gasteiger charge is 2.13. The third-order valence-corrected chi connectivity index (χ3v) is 3.91. The Balaban J connectivity index is 1.89. The highest BCUT2D eigenvalue weighted by atomic mass is 16.5. The lowest BCUT2D eigenvalue weighted by Gasteiger charge is -2.12. The maximum Gasteiger partial charge on any atom is 0.251 e. The summed E-state index contributed by atoms with van der Waals surface area (Å²) >= 11 is 0. The van der Waals surface area contributed by atoms with E-state index in [-0.39, 0.29) is 18.4 Å². The van der Waals surface area contributed by atoms with E-state index in [0.717, 1.165) is 11.1 Å². The molecule has 1 atom stereocenters. The van der Waals surface area contributed by atoms with Gasteiger partial charge in [0, 0.05) is 25.8 Å². The summed E-state index contributed by atoms with van der Waals surface area (Å²) in [5, 5.41) is 5.64. The molecule has 2 amide bonds.